The standard InChI is InChI=1S/C24H24ClN5/c25-22-16-19(15-21(17-22)20-7-9-28-10-8-20)2-1-18-3-5-23(6-4-18)29-11-13-30(14-12-29)24(26)27/h1-10,15-17H,11-14H2,(H3,26,27). The summed E-state index contributed by atoms with van der Waals surface area (Å²) < 4.78 is 0. The van der Waals surface area contributed by atoms with Crippen molar-refractivity contribution < 1.29 is 0 Å². The van der Waals surface area contributed by atoms with Crippen LogP contribution in [-0.2, 0) is 0 Å². The lowest BCUT2D eigenvalue weighted by atomic mass is 10.0. The van der Waals surface area contributed by atoms with Gasteiger partial charge in [0.15, 0.2) is 5.96 Å². The lowest BCUT2D eigenvalue weighted by molar-refractivity contribution is 0.380. The minimum Gasteiger partial charge on any atom is -0.370 e. The van der Waals surface area contributed by atoms with Crippen molar-refractivity contribution in [2.45, 2.75) is 0 Å². The van der Waals surface area contributed by atoms with E-state index in [-0.39, 0.29) is 5.96 Å². The van der Waals surface area contributed by atoms with E-state index in [1.165, 1.54) is 5.69 Å². The first-order valence-corrected chi connectivity index (χ1v) is 10.3. The Morgan fingerprint density at radius 2 is 1.53 bits per heavy atom. The summed E-state index contributed by atoms with van der Waals surface area (Å²) in [6.07, 6.45) is 7.75. The molecule has 1 fully saturated rings. The summed E-state index contributed by atoms with van der Waals surface area (Å²) in [5.74, 6) is 0.156. The van der Waals surface area contributed by atoms with Crippen molar-refractivity contribution in [3.8, 4) is 11.1 Å². The van der Waals surface area contributed by atoms with Gasteiger partial charge in [0.25, 0.3) is 0 Å². The first kappa shape index (κ1) is 20.0. The van der Waals surface area contributed by atoms with Crippen LogP contribution in [0.5, 0.6) is 0 Å². The van der Waals surface area contributed by atoms with Gasteiger partial charge in [-0.1, -0.05) is 35.9 Å². The third-order valence-corrected chi connectivity index (χ3v) is 5.50. The molecule has 0 saturated carbocycles. The molecular formula is C24H24ClN5. The first-order chi connectivity index (χ1) is 14.6. The SMILES string of the molecule is N=C(N)N1CCN(c2ccc(C=Cc3cc(Cl)cc(-c4ccncc4)c3)cc2)CC1. The summed E-state index contributed by atoms with van der Waals surface area (Å²) in [6.45, 7) is 3.31. The summed E-state index contributed by atoms with van der Waals surface area (Å²) in [5, 5.41) is 8.26. The Morgan fingerprint density at radius 3 is 2.20 bits per heavy atom. The second kappa shape index (κ2) is 9.01. The van der Waals surface area contributed by atoms with Crippen LogP contribution in [0.4, 0.5) is 5.69 Å². The molecule has 0 radical (unpaired) electrons. The van der Waals surface area contributed by atoms with E-state index < -0.39 is 0 Å². The van der Waals surface area contributed by atoms with Gasteiger partial charge in [0.2, 0.25) is 0 Å². The highest BCUT2D eigenvalue weighted by molar-refractivity contribution is 6.31. The zero-order chi connectivity index (χ0) is 20.9. The number of piperazine rings is 1. The maximum atomic E-state index is 7.55. The van der Waals surface area contributed by atoms with Crippen LogP contribution in [0.15, 0.2) is 67.0 Å². The number of nitrogens with two attached hydrogens (primary N) is 1. The predicted octanol–water partition coefficient (Wildman–Crippen LogP) is 4.59. The Kier molecular flexibility index (Phi) is 6.00. The highest BCUT2D eigenvalue weighted by Crippen LogP contribution is 2.26. The molecule has 0 spiro atoms. The summed E-state index contributed by atoms with van der Waals surface area (Å²) in [5.41, 5.74) is 11.1. The van der Waals surface area contributed by atoms with Gasteiger partial charge in [0.05, 0.1) is 0 Å². The van der Waals surface area contributed by atoms with Gasteiger partial charge in [-0.25, -0.2) is 0 Å². The van der Waals surface area contributed by atoms with Crippen LogP contribution < -0.4 is 10.6 Å². The van der Waals surface area contributed by atoms with Crippen molar-refractivity contribution in [2.24, 2.45) is 5.73 Å². The average Bonchev–Trinajstić information content (AvgIpc) is 2.78. The lowest BCUT2D eigenvalue weighted by Gasteiger charge is -2.36. The van der Waals surface area contributed by atoms with E-state index in [4.69, 9.17) is 22.7 Å². The largest absolute Gasteiger partial charge is 0.370 e. The van der Waals surface area contributed by atoms with Crippen LogP contribution >= 0.6 is 11.6 Å². The van der Waals surface area contributed by atoms with E-state index in [1.54, 1.807) is 12.4 Å². The quantitative estimate of drug-likeness (QED) is 0.370. The average molecular weight is 418 g/mol. The van der Waals surface area contributed by atoms with Crippen molar-refractivity contribution in [2.75, 3.05) is 31.1 Å². The minimum absolute atomic E-state index is 0.156. The van der Waals surface area contributed by atoms with Gasteiger partial charge in [-0.05, 0) is 64.7 Å². The monoisotopic (exact) mass is 417 g/mol. The minimum atomic E-state index is 0.156. The van der Waals surface area contributed by atoms with Crippen LogP contribution in [-0.4, -0.2) is 42.0 Å². The Bertz CT molecular complexity index is 1040. The number of nitrogens with one attached hydrogen (secondary N) is 1. The molecule has 0 unspecified atom stereocenters. The van der Waals surface area contributed by atoms with E-state index in [9.17, 15) is 0 Å². The Balaban J connectivity index is 1.45. The molecule has 3 aromatic rings. The molecule has 0 bridgehead atoms. The number of hydrogen-bond acceptors (Lipinski definition) is 3. The number of aromatic nitrogens is 1. The molecule has 0 aliphatic carbocycles. The Hall–Kier alpha value is -3.31. The Labute approximate surface area is 181 Å². The molecule has 5 nitrogen and oxygen atoms in total. The highest BCUT2D eigenvalue weighted by atomic mass is 35.5. The number of anilines is 1. The summed E-state index contributed by atoms with van der Waals surface area (Å²) >= 11 is 6.34. The topological polar surface area (TPSA) is 69.2 Å². The fourth-order valence-corrected chi connectivity index (χ4v) is 3.86. The molecule has 30 heavy (non-hydrogen) atoms. The molecule has 152 valence electrons. The molecule has 0 amide bonds. The van der Waals surface area contributed by atoms with E-state index in [2.05, 4.69) is 52.4 Å². The van der Waals surface area contributed by atoms with Crippen molar-refractivity contribution in [1.82, 2.24) is 9.88 Å². The van der Waals surface area contributed by atoms with Gasteiger partial charge < -0.3 is 15.5 Å². The van der Waals surface area contributed by atoms with Gasteiger partial charge in [0, 0.05) is 49.3 Å². The van der Waals surface area contributed by atoms with Gasteiger partial charge in [-0.15, -0.1) is 0 Å². The second-order valence-electron chi connectivity index (χ2n) is 7.29. The number of benzene rings is 2. The predicted molar refractivity (Wildman–Crippen MR) is 126 cm³/mol. The summed E-state index contributed by atoms with van der Waals surface area (Å²) in [6, 6.07) is 18.5. The molecular weight excluding hydrogens is 394 g/mol. The van der Waals surface area contributed by atoms with Crippen LogP contribution in [0, 0.1) is 5.41 Å². The first-order valence-electron chi connectivity index (χ1n) is 9.91. The fraction of sp³-hybridized carbons (Fsp3) is 0.167. The molecule has 4 rings (SSSR count). The van der Waals surface area contributed by atoms with Crippen LogP contribution in [0.3, 0.4) is 0 Å². The summed E-state index contributed by atoms with van der Waals surface area (Å²) in [4.78, 5) is 8.30. The molecule has 1 aliphatic heterocycles. The zero-order valence-corrected chi connectivity index (χ0v) is 17.4. The fourth-order valence-electron chi connectivity index (χ4n) is 3.61. The van der Waals surface area contributed by atoms with Gasteiger partial charge in [0.1, 0.15) is 0 Å². The smallest absolute Gasteiger partial charge is 0.188 e. The molecule has 1 aliphatic rings. The van der Waals surface area contributed by atoms with Gasteiger partial charge in [-0.3, -0.25) is 10.4 Å². The highest BCUT2D eigenvalue weighted by Gasteiger charge is 2.17. The van der Waals surface area contributed by atoms with Crippen LogP contribution in [0.25, 0.3) is 23.3 Å². The lowest BCUT2D eigenvalue weighted by Crippen LogP contribution is -2.50. The molecule has 6 heteroatoms. The summed E-state index contributed by atoms with van der Waals surface area (Å²) in [7, 11) is 0. The van der Waals surface area contributed by atoms with Crippen molar-refractivity contribution >= 4 is 35.4 Å². The van der Waals surface area contributed by atoms with E-state index in [1.807, 2.05) is 29.2 Å². The van der Waals surface area contributed by atoms with Gasteiger partial charge >= 0.3 is 0 Å². The van der Waals surface area contributed by atoms with E-state index >= 15 is 0 Å². The normalized spacial score (nSPS) is 14.3. The molecule has 1 saturated heterocycles. The Morgan fingerprint density at radius 1 is 0.867 bits per heavy atom. The van der Waals surface area contributed by atoms with E-state index in [0.717, 1.165) is 48.4 Å². The number of nitrogens with zero attached hydrogens (tertiary/aromatic N) is 3. The molecule has 2 heterocycles. The van der Waals surface area contributed by atoms with Crippen LogP contribution in [0.1, 0.15) is 11.1 Å². The van der Waals surface area contributed by atoms with Crippen molar-refractivity contribution in [3.63, 3.8) is 0 Å². The zero-order valence-electron chi connectivity index (χ0n) is 16.6. The third-order valence-electron chi connectivity index (χ3n) is 5.28. The molecule has 0 atom stereocenters. The van der Waals surface area contributed by atoms with Crippen molar-refractivity contribution in [1.29, 1.82) is 5.41 Å². The second-order valence-corrected chi connectivity index (χ2v) is 7.73. The van der Waals surface area contributed by atoms with Gasteiger partial charge in [-0.2, -0.15) is 0 Å². The third kappa shape index (κ3) is 4.81. The molecule has 3 N–H and O–H groups in total. The van der Waals surface area contributed by atoms with E-state index in [0.29, 0.717) is 5.02 Å². The number of hydrogen-bond donors (Lipinski definition) is 2. The maximum absolute atomic E-state index is 7.55. The number of rotatable bonds is 4. The van der Waals surface area contributed by atoms with Crippen LogP contribution in [0.2, 0.25) is 5.02 Å². The number of guanidine groups is 1. The van der Waals surface area contributed by atoms with Crippen molar-refractivity contribution in [3.05, 3.63) is 83.1 Å². The number of pyridine rings is 1. The molecule has 1 aromatic heterocycles. The number of halogens is 1. The molecule has 2 aromatic carbocycles. The maximum Gasteiger partial charge on any atom is 0.188 e.